The zero-order chi connectivity index (χ0) is 15.6. The molecule has 1 fully saturated rings. The van der Waals surface area contributed by atoms with Crippen molar-refractivity contribution in [1.29, 1.82) is 0 Å². The summed E-state index contributed by atoms with van der Waals surface area (Å²) in [6.45, 7) is 4.14. The maximum atomic E-state index is 11.8. The van der Waals surface area contributed by atoms with Gasteiger partial charge in [0, 0.05) is 12.6 Å². The summed E-state index contributed by atoms with van der Waals surface area (Å²) in [5.74, 6) is 0.192. The number of hydrogen-bond donors (Lipinski definition) is 1. The van der Waals surface area contributed by atoms with Gasteiger partial charge >= 0.3 is 5.97 Å². The number of aromatic nitrogens is 1. The van der Waals surface area contributed by atoms with Crippen LogP contribution in [0.4, 0.5) is 11.5 Å². The van der Waals surface area contributed by atoms with Crippen molar-refractivity contribution in [3.05, 3.63) is 17.8 Å². The molecule has 1 unspecified atom stereocenters. The second-order valence-corrected chi connectivity index (χ2v) is 7.24. The highest BCUT2D eigenvalue weighted by Crippen LogP contribution is 2.23. The van der Waals surface area contributed by atoms with Gasteiger partial charge in [0.15, 0.2) is 9.84 Å². The van der Waals surface area contributed by atoms with Gasteiger partial charge < -0.3 is 15.4 Å². The minimum absolute atomic E-state index is 0.0772. The van der Waals surface area contributed by atoms with Crippen molar-refractivity contribution < 1.29 is 17.9 Å². The number of hydrogen-bond acceptors (Lipinski definition) is 7. The number of nitrogens with zero attached hydrogens (tertiary/aromatic N) is 2. The third-order valence-electron chi connectivity index (χ3n) is 3.38. The molecule has 2 heterocycles. The van der Waals surface area contributed by atoms with Crippen LogP contribution in [0.15, 0.2) is 12.3 Å². The first-order valence-corrected chi connectivity index (χ1v) is 8.56. The number of sulfone groups is 1. The van der Waals surface area contributed by atoms with Gasteiger partial charge in [0.2, 0.25) is 0 Å². The van der Waals surface area contributed by atoms with Crippen LogP contribution in [0.5, 0.6) is 0 Å². The summed E-state index contributed by atoms with van der Waals surface area (Å²) in [7, 11) is -3.00. The standard InChI is InChI=1S/C13H19N3O4S/c1-3-20-13(17)10-6-12(15-7-11(10)14)16-4-5-21(18,19)8-9(16)2/h6-7,9H,3-5,8,14H2,1-2H3. The van der Waals surface area contributed by atoms with Gasteiger partial charge in [-0.3, -0.25) is 0 Å². The van der Waals surface area contributed by atoms with Gasteiger partial charge in [-0.25, -0.2) is 18.2 Å². The van der Waals surface area contributed by atoms with Crippen LogP contribution < -0.4 is 10.6 Å². The van der Waals surface area contributed by atoms with Crippen LogP contribution in [0.3, 0.4) is 0 Å². The fourth-order valence-corrected chi connectivity index (χ4v) is 3.89. The number of ether oxygens (including phenoxy) is 1. The van der Waals surface area contributed by atoms with Crippen LogP contribution in [-0.2, 0) is 14.6 Å². The molecule has 0 amide bonds. The summed E-state index contributed by atoms with van der Waals surface area (Å²) in [6, 6.07) is 1.36. The summed E-state index contributed by atoms with van der Waals surface area (Å²) >= 11 is 0. The Labute approximate surface area is 124 Å². The van der Waals surface area contributed by atoms with E-state index in [1.807, 2.05) is 11.8 Å². The van der Waals surface area contributed by atoms with Crippen LogP contribution in [0.2, 0.25) is 0 Å². The maximum absolute atomic E-state index is 11.8. The first kappa shape index (κ1) is 15.6. The Morgan fingerprint density at radius 2 is 2.29 bits per heavy atom. The van der Waals surface area contributed by atoms with Crippen molar-refractivity contribution in [1.82, 2.24) is 4.98 Å². The third-order valence-corrected chi connectivity index (χ3v) is 5.18. The summed E-state index contributed by atoms with van der Waals surface area (Å²) < 4.78 is 28.2. The Kier molecular flexibility index (Phi) is 4.36. The molecule has 0 spiro atoms. The molecule has 1 saturated heterocycles. The van der Waals surface area contributed by atoms with Crippen LogP contribution in [0.25, 0.3) is 0 Å². The molecule has 21 heavy (non-hydrogen) atoms. The molecule has 1 aromatic rings. The van der Waals surface area contributed by atoms with E-state index in [2.05, 4.69) is 4.98 Å². The molecule has 0 aromatic carbocycles. The van der Waals surface area contributed by atoms with Crippen molar-refractivity contribution in [3.63, 3.8) is 0 Å². The highest BCUT2D eigenvalue weighted by Gasteiger charge is 2.29. The van der Waals surface area contributed by atoms with E-state index < -0.39 is 15.8 Å². The Morgan fingerprint density at radius 3 is 2.90 bits per heavy atom. The number of carbonyl (C=O) groups excluding carboxylic acids is 1. The third kappa shape index (κ3) is 3.44. The van der Waals surface area contributed by atoms with E-state index in [-0.39, 0.29) is 35.4 Å². The average Bonchev–Trinajstić information content (AvgIpc) is 2.39. The quantitative estimate of drug-likeness (QED) is 0.809. The monoisotopic (exact) mass is 313 g/mol. The smallest absolute Gasteiger partial charge is 0.340 e. The topological polar surface area (TPSA) is 103 Å². The lowest BCUT2D eigenvalue weighted by Gasteiger charge is -2.34. The lowest BCUT2D eigenvalue weighted by atomic mass is 10.2. The largest absolute Gasteiger partial charge is 0.462 e. The van der Waals surface area contributed by atoms with E-state index in [9.17, 15) is 13.2 Å². The molecule has 1 aliphatic heterocycles. The first-order valence-electron chi connectivity index (χ1n) is 6.73. The van der Waals surface area contributed by atoms with Gasteiger partial charge in [-0.05, 0) is 19.9 Å². The molecule has 2 rings (SSSR count). The summed E-state index contributed by atoms with van der Waals surface area (Å²) in [5, 5.41) is 0. The van der Waals surface area contributed by atoms with Crippen LogP contribution >= 0.6 is 0 Å². The molecule has 0 radical (unpaired) electrons. The maximum Gasteiger partial charge on any atom is 0.340 e. The minimum atomic E-state index is -3.00. The molecule has 7 nitrogen and oxygen atoms in total. The van der Waals surface area contributed by atoms with E-state index >= 15 is 0 Å². The van der Waals surface area contributed by atoms with Crippen molar-refractivity contribution >= 4 is 27.3 Å². The molecule has 0 aliphatic carbocycles. The van der Waals surface area contributed by atoms with Crippen molar-refractivity contribution in [2.24, 2.45) is 0 Å². The first-order chi connectivity index (χ1) is 9.84. The van der Waals surface area contributed by atoms with Gasteiger partial charge in [-0.2, -0.15) is 0 Å². The van der Waals surface area contributed by atoms with Crippen LogP contribution in [0.1, 0.15) is 24.2 Å². The molecule has 1 atom stereocenters. The number of nitrogens with two attached hydrogens (primary N) is 1. The molecule has 2 N–H and O–H groups in total. The van der Waals surface area contributed by atoms with Crippen LogP contribution in [0, 0.1) is 0 Å². The Morgan fingerprint density at radius 1 is 1.57 bits per heavy atom. The van der Waals surface area contributed by atoms with E-state index in [1.54, 1.807) is 13.0 Å². The van der Waals surface area contributed by atoms with E-state index in [4.69, 9.17) is 10.5 Å². The number of anilines is 2. The van der Waals surface area contributed by atoms with Crippen molar-refractivity contribution in [2.45, 2.75) is 19.9 Å². The summed E-state index contributed by atoms with van der Waals surface area (Å²) in [5.41, 5.74) is 6.25. The molecule has 0 saturated carbocycles. The fraction of sp³-hybridized carbons (Fsp3) is 0.538. The molecule has 1 aliphatic rings. The predicted molar refractivity (Wildman–Crippen MR) is 80.1 cm³/mol. The molecular formula is C13H19N3O4S. The number of pyridine rings is 1. The minimum Gasteiger partial charge on any atom is -0.462 e. The number of rotatable bonds is 3. The number of carbonyl (C=O) groups is 1. The Balaban J connectivity index is 2.29. The second kappa shape index (κ2) is 5.88. The lowest BCUT2D eigenvalue weighted by molar-refractivity contribution is 0.0527. The van der Waals surface area contributed by atoms with E-state index in [0.29, 0.717) is 12.4 Å². The van der Waals surface area contributed by atoms with Gasteiger partial charge in [0.1, 0.15) is 5.82 Å². The summed E-state index contributed by atoms with van der Waals surface area (Å²) in [6.07, 6.45) is 1.40. The number of nitrogen functional groups attached to an aromatic ring is 1. The molecular weight excluding hydrogens is 294 g/mol. The van der Waals surface area contributed by atoms with Gasteiger partial charge in [-0.15, -0.1) is 0 Å². The fourth-order valence-electron chi connectivity index (χ4n) is 2.34. The van der Waals surface area contributed by atoms with Gasteiger partial charge in [0.25, 0.3) is 0 Å². The number of esters is 1. The zero-order valence-corrected chi connectivity index (χ0v) is 12.9. The van der Waals surface area contributed by atoms with Crippen molar-refractivity contribution in [2.75, 3.05) is 35.3 Å². The normalized spacial score (nSPS) is 21.0. The highest BCUT2D eigenvalue weighted by atomic mass is 32.2. The van der Waals surface area contributed by atoms with Gasteiger partial charge in [0.05, 0.1) is 35.6 Å². The van der Waals surface area contributed by atoms with E-state index in [0.717, 1.165) is 0 Å². The molecule has 8 heteroatoms. The Hall–Kier alpha value is -1.83. The van der Waals surface area contributed by atoms with Crippen LogP contribution in [-0.4, -0.2) is 50.1 Å². The molecule has 116 valence electrons. The average molecular weight is 313 g/mol. The van der Waals surface area contributed by atoms with Crippen molar-refractivity contribution in [3.8, 4) is 0 Å². The molecule has 0 bridgehead atoms. The summed E-state index contributed by atoms with van der Waals surface area (Å²) in [4.78, 5) is 17.9. The second-order valence-electron chi connectivity index (χ2n) is 5.01. The highest BCUT2D eigenvalue weighted by molar-refractivity contribution is 7.91. The predicted octanol–water partition coefficient (Wildman–Crippen LogP) is 0.464. The Bertz CT molecular complexity index is 645. The molecule has 1 aromatic heterocycles. The van der Waals surface area contributed by atoms with Gasteiger partial charge in [-0.1, -0.05) is 0 Å². The zero-order valence-electron chi connectivity index (χ0n) is 12.1. The lowest BCUT2D eigenvalue weighted by Crippen LogP contribution is -2.47. The SMILES string of the molecule is CCOC(=O)c1cc(N2CCS(=O)(=O)CC2C)ncc1N. The van der Waals surface area contributed by atoms with E-state index in [1.165, 1.54) is 6.20 Å².